The third-order valence-electron chi connectivity index (χ3n) is 4.93. The maximum Gasteiger partial charge on any atom is 0.433 e. The first-order valence-corrected chi connectivity index (χ1v) is 10.3. The molecule has 164 valence electrons. The molecule has 0 saturated carbocycles. The molecule has 0 radical (unpaired) electrons. The van der Waals surface area contributed by atoms with Crippen LogP contribution < -0.4 is 10.6 Å². The summed E-state index contributed by atoms with van der Waals surface area (Å²) in [7, 11) is 0. The minimum absolute atomic E-state index is 0.0412. The van der Waals surface area contributed by atoms with Crippen LogP contribution in [0.4, 0.5) is 19.1 Å². The predicted molar refractivity (Wildman–Crippen MR) is 109 cm³/mol. The molecule has 1 aromatic heterocycles. The van der Waals surface area contributed by atoms with Gasteiger partial charge in [0.05, 0.1) is 6.54 Å². The van der Waals surface area contributed by atoms with Crippen molar-refractivity contribution in [2.45, 2.75) is 33.4 Å². The maximum atomic E-state index is 12.7. The Bertz CT molecular complexity index is 647. The summed E-state index contributed by atoms with van der Waals surface area (Å²) < 4.78 is 38.2. The van der Waals surface area contributed by atoms with Crippen LogP contribution in [0, 0.1) is 5.92 Å². The molecule has 1 aliphatic heterocycles. The van der Waals surface area contributed by atoms with Crippen LogP contribution in [0.1, 0.15) is 32.9 Å². The molecule has 0 amide bonds. The van der Waals surface area contributed by atoms with Gasteiger partial charge in [-0.3, -0.25) is 4.99 Å². The van der Waals surface area contributed by atoms with Gasteiger partial charge in [0.1, 0.15) is 5.69 Å². The third-order valence-corrected chi connectivity index (χ3v) is 4.93. The number of aliphatic imine (C=N–C) groups is 1. The molecule has 2 rings (SSSR count). The van der Waals surface area contributed by atoms with E-state index in [0.717, 1.165) is 63.9 Å². The molecule has 1 atom stereocenters. The third kappa shape index (κ3) is 7.34. The Labute approximate surface area is 170 Å². The van der Waals surface area contributed by atoms with Crippen LogP contribution in [0.25, 0.3) is 0 Å². The van der Waals surface area contributed by atoms with E-state index >= 15 is 0 Å². The maximum absolute atomic E-state index is 12.7. The van der Waals surface area contributed by atoms with Gasteiger partial charge in [-0.25, -0.2) is 9.97 Å². The topological polar surface area (TPSA) is 68.7 Å². The molecule has 7 nitrogen and oxygen atoms in total. The zero-order valence-corrected chi connectivity index (χ0v) is 17.5. The molecule has 0 spiro atoms. The molecule has 0 aliphatic carbocycles. The molecule has 29 heavy (non-hydrogen) atoms. The van der Waals surface area contributed by atoms with Gasteiger partial charge in [0.25, 0.3) is 0 Å². The highest BCUT2D eigenvalue weighted by Gasteiger charge is 2.32. The van der Waals surface area contributed by atoms with Crippen LogP contribution in [0.15, 0.2) is 17.3 Å². The van der Waals surface area contributed by atoms with E-state index in [1.807, 2.05) is 6.92 Å². The molecule has 10 heteroatoms. The molecule has 2 N–H and O–H groups in total. The van der Waals surface area contributed by atoms with Gasteiger partial charge in [-0.2, -0.15) is 13.2 Å². The van der Waals surface area contributed by atoms with Crippen molar-refractivity contribution >= 4 is 11.9 Å². The first kappa shape index (κ1) is 23.2. The normalized spacial score (nSPS) is 17.8. The van der Waals surface area contributed by atoms with Crippen molar-refractivity contribution in [3.63, 3.8) is 0 Å². The fourth-order valence-electron chi connectivity index (χ4n) is 3.38. The summed E-state index contributed by atoms with van der Waals surface area (Å²) in [4.78, 5) is 16.7. The van der Waals surface area contributed by atoms with Gasteiger partial charge in [-0.1, -0.05) is 13.8 Å². The first-order chi connectivity index (χ1) is 13.9. The second-order valence-electron chi connectivity index (χ2n) is 7.01. The standard InChI is InChI=1S/C19H32F3N7/c1-4-23-18(29-12-8-15(14-29)13-28(5-2)6-3)26-11-10-25-17-24-9-7-16(27-17)19(20,21)22/h7,9,15H,4-6,8,10-14H2,1-3H3,(H,23,26)(H,24,25,27). The highest BCUT2D eigenvalue weighted by Crippen LogP contribution is 2.27. The van der Waals surface area contributed by atoms with Gasteiger partial charge in [0, 0.05) is 38.9 Å². The summed E-state index contributed by atoms with van der Waals surface area (Å²) in [5.41, 5.74) is -0.955. The zero-order valence-electron chi connectivity index (χ0n) is 17.5. The van der Waals surface area contributed by atoms with Crippen molar-refractivity contribution in [2.75, 3.05) is 57.7 Å². The lowest BCUT2D eigenvalue weighted by molar-refractivity contribution is -0.141. The molecule has 1 aromatic rings. The molecule has 1 aliphatic rings. The minimum atomic E-state index is -4.48. The van der Waals surface area contributed by atoms with Crippen molar-refractivity contribution in [3.05, 3.63) is 18.0 Å². The van der Waals surface area contributed by atoms with Crippen molar-refractivity contribution in [1.29, 1.82) is 0 Å². The SMILES string of the molecule is CCNC(=NCCNc1nccc(C(F)(F)F)n1)N1CCC(CN(CC)CC)C1. The molecule has 1 unspecified atom stereocenters. The van der Waals surface area contributed by atoms with E-state index in [-0.39, 0.29) is 5.95 Å². The van der Waals surface area contributed by atoms with Crippen LogP contribution >= 0.6 is 0 Å². The number of aromatic nitrogens is 2. The summed E-state index contributed by atoms with van der Waals surface area (Å²) >= 11 is 0. The molecule has 1 fully saturated rings. The van der Waals surface area contributed by atoms with Crippen molar-refractivity contribution in [1.82, 2.24) is 25.1 Å². The molecule has 1 saturated heterocycles. The van der Waals surface area contributed by atoms with E-state index in [2.05, 4.69) is 49.2 Å². The Morgan fingerprint density at radius 1 is 1.31 bits per heavy atom. The van der Waals surface area contributed by atoms with Crippen molar-refractivity contribution in [2.24, 2.45) is 10.9 Å². The van der Waals surface area contributed by atoms with Gasteiger partial charge in [-0.05, 0) is 38.4 Å². The number of hydrogen-bond acceptors (Lipinski definition) is 5. The van der Waals surface area contributed by atoms with E-state index in [1.54, 1.807) is 0 Å². The Morgan fingerprint density at radius 3 is 2.72 bits per heavy atom. The second-order valence-corrected chi connectivity index (χ2v) is 7.01. The van der Waals surface area contributed by atoms with Gasteiger partial charge >= 0.3 is 6.18 Å². The van der Waals surface area contributed by atoms with Gasteiger partial charge in [0.2, 0.25) is 5.95 Å². The van der Waals surface area contributed by atoms with Crippen molar-refractivity contribution in [3.8, 4) is 0 Å². The summed E-state index contributed by atoms with van der Waals surface area (Å²) in [6, 6.07) is 0.856. The Kier molecular flexibility index (Phi) is 8.94. The zero-order chi connectivity index (χ0) is 21.3. The summed E-state index contributed by atoms with van der Waals surface area (Å²) in [6.07, 6.45) is -2.24. The van der Waals surface area contributed by atoms with E-state index in [0.29, 0.717) is 19.0 Å². The van der Waals surface area contributed by atoms with Gasteiger partial charge < -0.3 is 20.4 Å². The molecule has 0 bridgehead atoms. The number of guanidine groups is 1. The van der Waals surface area contributed by atoms with Crippen LogP contribution in [-0.2, 0) is 6.18 Å². The monoisotopic (exact) mass is 415 g/mol. The van der Waals surface area contributed by atoms with E-state index < -0.39 is 11.9 Å². The largest absolute Gasteiger partial charge is 0.433 e. The van der Waals surface area contributed by atoms with Crippen LogP contribution in [-0.4, -0.2) is 78.1 Å². The molecule has 0 aromatic carbocycles. The second kappa shape index (κ2) is 11.2. The average Bonchev–Trinajstić information content (AvgIpc) is 3.16. The van der Waals surface area contributed by atoms with Gasteiger partial charge in [0.15, 0.2) is 5.96 Å². The number of hydrogen-bond donors (Lipinski definition) is 2. The smallest absolute Gasteiger partial charge is 0.357 e. The first-order valence-electron chi connectivity index (χ1n) is 10.3. The van der Waals surface area contributed by atoms with Gasteiger partial charge in [-0.15, -0.1) is 0 Å². The Balaban J connectivity index is 1.87. The lowest BCUT2D eigenvalue weighted by Gasteiger charge is -2.24. The number of likely N-dealkylation sites (tertiary alicyclic amines) is 1. The average molecular weight is 416 g/mol. The summed E-state index contributed by atoms with van der Waals surface area (Å²) in [5, 5.41) is 6.12. The minimum Gasteiger partial charge on any atom is -0.357 e. The summed E-state index contributed by atoms with van der Waals surface area (Å²) in [5.74, 6) is 1.43. The number of rotatable bonds is 9. The molecular weight excluding hydrogens is 383 g/mol. The fraction of sp³-hybridized carbons (Fsp3) is 0.737. The highest BCUT2D eigenvalue weighted by molar-refractivity contribution is 5.80. The Hall–Kier alpha value is -2.10. The van der Waals surface area contributed by atoms with Crippen LogP contribution in [0.3, 0.4) is 0 Å². The quantitative estimate of drug-likeness (QED) is 0.367. The molecule has 2 heterocycles. The lowest BCUT2D eigenvalue weighted by Crippen LogP contribution is -2.41. The Morgan fingerprint density at radius 2 is 2.07 bits per heavy atom. The number of nitrogens with zero attached hydrogens (tertiary/aromatic N) is 5. The van der Waals surface area contributed by atoms with E-state index in [4.69, 9.17) is 0 Å². The van der Waals surface area contributed by atoms with E-state index in [1.165, 1.54) is 0 Å². The van der Waals surface area contributed by atoms with Crippen molar-refractivity contribution < 1.29 is 13.2 Å². The molecular formula is C19H32F3N7. The van der Waals surface area contributed by atoms with Crippen LogP contribution in [0.5, 0.6) is 0 Å². The summed E-state index contributed by atoms with van der Waals surface area (Å²) in [6.45, 7) is 13.1. The number of nitrogens with one attached hydrogen (secondary N) is 2. The highest BCUT2D eigenvalue weighted by atomic mass is 19.4. The fourth-order valence-corrected chi connectivity index (χ4v) is 3.38. The predicted octanol–water partition coefficient (Wildman–Crippen LogP) is 2.54. The number of halogens is 3. The lowest BCUT2D eigenvalue weighted by atomic mass is 10.1. The van der Waals surface area contributed by atoms with E-state index in [9.17, 15) is 13.2 Å². The van der Waals surface area contributed by atoms with Crippen LogP contribution in [0.2, 0.25) is 0 Å². The number of anilines is 1. The number of alkyl halides is 3.